The lowest BCUT2D eigenvalue weighted by atomic mass is 10.1. The van der Waals surface area contributed by atoms with Crippen LogP contribution in [0.4, 0.5) is 5.95 Å². The van der Waals surface area contributed by atoms with Crippen LogP contribution in [0, 0.1) is 6.92 Å². The van der Waals surface area contributed by atoms with Crippen molar-refractivity contribution in [2.75, 3.05) is 18.0 Å². The third-order valence-corrected chi connectivity index (χ3v) is 4.15. The van der Waals surface area contributed by atoms with Crippen LogP contribution in [-0.4, -0.2) is 23.1 Å². The minimum atomic E-state index is 0.0647. The van der Waals surface area contributed by atoms with E-state index in [2.05, 4.69) is 21.8 Å². The molecule has 4 heteroatoms. The van der Waals surface area contributed by atoms with Gasteiger partial charge in [0.1, 0.15) is 0 Å². The van der Waals surface area contributed by atoms with E-state index >= 15 is 0 Å². The first kappa shape index (κ1) is 15.1. The third kappa shape index (κ3) is 3.84. The molecular formula is C16H27N3O. The molecular weight excluding hydrogens is 250 g/mol. The molecule has 0 radical (unpaired) electrons. The molecule has 112 valence electrons. The number of nitrogens with one attached hydrogen (secondary N) is 1. The van der Waals surface area contributed by atoms with Crippen molar-refractivity contribution in [3.05, 3.63) is 21.6 Å². The van der Waals surface area contributed by atoms with Gasteiger partial charge in [-0.2, -0.15) is 0 Å². The molecule has 1 aromatic rings. The number of hydrogen-bond acceptors (Lipinski definition) is 3. The average Bonchev–Trinajstić information content (AvgIpc) is 2.95. The lowest BCUT2D eigenvalue weighted by molar-refractivity contribution is 0.628. The zero-order valence-electron chi connectivity index (χ0n) is 12.9. The summed E-state index contributed by atoms with van der Waals surface area (Å²) in [5.74, 6) is 0.764. The molecule has 0 aromatic carbocycles. The van der Waals surface area contributed by atoms with Crippen LogP contribution in [0.15, 0.2) is 4.79 Å². The van der Waals surface area contributed by atoms with Crippen LogP contribution in [0.2, 0.25) is 0 Å². The maximum atomic E-state index is 12.2. The number of aromatic nitrogens is 2. The SMILES string of the molecule is CCCCCCCc1c(C)nc(N2CCCC2)[nH]c1=O. The van der Waals surface area contributed by atoms with Gasteiger partial charge in [-0.1, -0.05) is 32.6 Å². The van der Waals surface area contributed by atoms with E-state index in [4.69, 9.17) is 0 Å². The van der Waals surface area contributed by atoms with Gasteiger partial charge in [-0.15, -0.1) is 0 Å². The van der Waals surface area contributed by atoms with Gasteiger partial charge in [0.25, 0.3) is 5.56 Å². The summed E-state index contributed by atoms with van der Waals surface area (Å²) in [4.78, 5) is 22.0. The summed E-state index contributed by atoms with van der Waals surface area (Å²) in [5, 5.41) is 0. The van der Waals surface area contributed by atoms with Crippen molar-refractivity contribution in [1.29, 1.82) is 0 Å². The maximum Gasteiger partial charge on any atom is 0.255 e. The van der Waals surface area contributed by atoms with Crippen LogP contribution in [0.3, 0.4) is 0 Å². The fourth-order valence-electron chi connectivity index (χ4n) is 2.87. The fraction of sp³-hybridized carbons (Fsp3) is 0.750. The van der Waals surface area contributed by atoms with Gasteiger partial charge in [0.05, 0.1) is 0 Å². The van der Waals surface area contributed by atoms with E-state index in [1.807, 2.05) is 6.92 Å². The second kappa shape index (κ2) is 7.46. The van der Waals surface area contributed by atoms with Gasteiger partial charge in [-0.05, 0) is 32.6 Å². The second-order valence-corrected chi connectivity index (χ2v) is 5.81. The average molecular weight is 277 g/mol. The molecule has 1 aromatic heterocycles. The summed E-state index contributed by atoms with van der Waals surface area (Å²) in [7, 11) is 0. The van der Waals surface area contributed by atoms with E-state index in [-0.39, 0.29) is 5.56 Å². The zero-order chi connectivity index (χ0) is 14.4. The normalized spacial score (nSPS) is 15.0. The Bertz CT molecular complexity index is 475. The highest BCUT2D eigenvalue weighted by atomic mass is 16.1. The second-order valence-electron chi connectivity index (χ2n) is 5.81. The Labute approximate surface area is 121 Å². The van der Waals surface area contributed by atoms with E-state index in [1.54, 1.807) is 0 Å². The van der Waals surface area contributed by atoms with Gasteiger partial charge >= 0.3 is 0 Å². The molecule has 2 rings (SSSR count). The van der Waals surface area contributed by atoms with Gasteiger partial charge in [-0.25, -0.2) is 4.98 Å². The van der Waals surface area contributed by atoms with Gasteiger partial charge in [0.2, 0.25) is 5.95 Å². The zero-order valence-corrected chi connectivity index (χ0v) is 12.9. The van der Waals surface area contributed by atoms with Crippen LogP contribution in [0.1, 0.15) is 63.1 Å². The molecule has 20 heavy (non-hydrogen) atoms. The van der Waals surface area contributed by atoms with Crippen molar-refractivity contribution in [3.63, 3.8) is 0 Å². The molecule has 1 aliphatic rings. The predicted octanol–water partition coefficient (Wildman–Crippen LogP) is 3.19. The number of anilines is 1. The molecule has 2 heterocycles. The maximum absolute atomic E-state index is 12.2. The first-order valence-electron chi connectivity index (χ1n) is 8.07. The highest BCUT2D eigenvalue weighted by Gasteiger charge is 2.16. The van der Waals surface area contributed by atoms with Crippen molar-refractivity contribution < 1.29 is 0 Å². The number of rotatable bonds is 7. The Hall–Kier alpha value is -1.32. The minimum absolute atomic E-state index is 0.0647. The molecule has 0 bridgehead atoms. The van der Waals surface area contributed by atoms with E-state index < -0.39 is 0 Å². The summed E-state index contributed by atoms with van der Waals surface area (Å²) < 4.78 is 0. The third-order valence-electron chi connectivity index (χ3n) is 4.15. The van der Waals surface area contributed by atoms with Crippen molar-refractivity contribution in [2.24, 2.45) is 0 Å². The fourth-order valence-corrected chi connectivity index (χ4v) is 2.87. The van der Waals surface area contributed by atoms with E-state index in [0.717, 1.165) is 43.1 Å². The molecule has 1 N–H and O–H groups in total. The molecule has 1 aliphatic heterocycles. The van der Waals surface area contributed by atoms with Gasteiger partial charge in [-0.3, -0.25) is 9.78 Å². The quantitative estimate of drug-likeness (QED) is 0.779. The Morgan fingerprint density at radius 1 is 1.15 bits per heavy atom. The lowest BCUT2D eigenvalue weighted by Crippen LogP contribution is -2.26. The van der Waals surface area contributed by atoms with Gasteiger partial charge < -0.3 is 4.90 Å². The summed E-state index contributed by atoms with van der Waals surface area (Å²) >= 11 is 0. The van der Waals surface area contributed by atoms with Crippen LogP contribution in [0.25, 0.3) is 0 Å². The highest BCUT2D eigenvalue weighted by Crippen LogP contribution is 2.16. The van der Waals surface area contributed by atoms with E-state index in [0.29, 0.717) is 0 Å². The van der Waals surface area contributed by atoms with Crippen molar-refractivity contribution >= 4 is 5.95 Å². The monoisotopic (exact) mass is 277 g/mol. The molecule has 0 unspecified atom stereocenters. The van der Waals surface area contributed by atoms with Gasteiger partial charge in [0.15, 0.2) is 0 Å². The molecule has 0 aliphatic carbocycles. The Balaban J connectivity index is 1.97. The molecule has 0 atom stereocenters. The summed E-state index contributed by atoms with van der Waals surface area (Å²) in [6.45, 7) is 6.21. The molecule has 1 fully saturated rings. The predicted molar refractivity (Wildman–Crippen MR) is 83.5 cm³/mol. The standard InChI is InChI=1S/C16H27N3O/c1-3-4-5-6-7-10-14-13(2)17-16(18-15(14)20)19-11-8-9-12-19/h3-12H2,1-2H3,(H,17,18,20). The number of H-pyrrole nitrogens is 1. The van der Waals surface area contributed by atoms with Crippen molar-refractivity contribution in [3.8, 4) is 0 Å². The molecule has 0 spiro atoms. The van der Waals surface area contributed by atoms with Crippen LogP contribution >= 0.6 is 0 Å². The Kier molecular flexibility index (Phi) is 5.62. The highest BCUT2D eigenvalue weighted by molar-refractivity contribution is 5.34. The molecule has 0 amide bonds. The number of aryl methyl sites for hydroxylation is 1. The largest absolute Gasteiger partial charge is 0.342 e. The van der Waals surface area contributed by atoms with E-state index in [1.165, 1.54) is 38.5 Å². The summed E-state index contributed by atoms with van der Waals surface area (Å²) in [5.41, 5.74) is 1.85. The first-order chi connectivity index (χ1) is 9.72. The summed E-state index contributed by atoms with van der Waals surface area (Å²) in [6, 6.07) is 0. The topological polar surface area (TPSA) is 49.0 Å². The number of nitrogens with zero attached hydrogens (tertiary/aromatic N) is 2. The molecule has 0 saturated carbocycles. The van der Waals surface area contributed by atoms with Gasteiger partial charge in [0, 0.05) is 24.3 Å². The number of unbranched alkanes of at least 4 members (excludes halogenated alkanes) is 4. The van der Waals surface area contributed by atoms with E-state index in [9.17, 15) is 4.79 Å². The first-order valence-corrected chi connectivity index (χ1v) is 8.07. The van der Waals surface area contributed by atoms with Crippen molar-refractivity contribution in [2.45, 2.75) is 65.2 Å². The number of aromatic amines is 1. The van der Waals surface area contributed by atoms with Crippen LogP contribution in [0.5, 0.6) is 0 Å². The smallest absolute Gasteiger partial charge is 0.255 e. The Morgan fingerprint density at radius 3 is 2.50 bits per heavy atom. The summed E-state index contributed by atoms with van der Waals surface area (Å²) in [6.07, 6.45) is 9.37. The van der Waals surface area contributed by atoms with Crippen molar-refractivity contribution in [1.82, 2.24) is 9.97 Å². The van der Waals surface area contributed by atoms with Crippen LogP contribution < -0.4 is 10.5 Å². The van der Waals surface area contributed by atoms with Crippen LogP contribution in [-0.2, 0) is 6.42 Å². The Morgan fingerprint density at radius 2 is 1.85 bits per heavy atom. The lowest BCUT2D eigenvalue weighted by Gasteiger charge is -2.17. The molecule has 4 nitrogen and oxygen atoms in total. The molecule has 1 saturated heterocycles. The minimum Gasteiger partial charge on any atom is -0.342 e. The number of hydrogen-bond donors (Lipinski definition) is 1.